The van der Waals surface area contributed by atoms with Crippen LogP contribution in [0, 0.1) is 0 Å². The molecule has 0 aliphatic carbocycles. The maximum absolute atomic E-state index is 12.8. The normalized spacial score (nSPS) is 13.8. The molecule has 72 heavy (non-hydrogen) atoms. The second-order valence-electron chi connectivity index (χ2n) is 21.0. The molecule has 0 aromatic carbocycles. The summed E-state index contributed by atoms with van der Waals surface area (Å²) in [5.74, 6) is -0.821. The van der Waals surface area contributed by atoms with Crippen molar-refractivity contribution in [2.75, 3.05) is 47.5 Å². The van der Waals surface area contributed by atoms with Gasteiger partial charge in [0.2, 0.25) is 0 Å². The highest BCUT2D eigenvalue weighted by Crippen LogP contribution is 2.43. The van der Waals surface area contributed by atoms with Gasteiger partial charge in [0.05, 0.1) is 27.7 Å². The Morgan fingerprint density at radius 1 is 0.444 bits per heavy atom. The zero-order valence-corrected chi connectivity index (χ0v) is 48.3. The van der Waals surface area contributed by atoms with Crippen molar-refractivity contribution in [1.29, 1.82) is 0 Å². The summed E-state index contributed by atoms with van der Waals surface area (Å²) in [6.07, 6.45) is 69.9. The van der Waals surface area contributed by atoms with Crippen LogP contribution in [0.25, 0.3) is 0 Å². The highest BCUT2D eigenvalue weighted by atomic mass is 31.2. The van der Waals surface area contributed by atoms with Crippen molar-refractivity contribution >= 4 is 19.8 Å². The molecule has 0 saturated carbocycles. The minimum atomic E-state index is -4.39. The van der Waals surface area contributed by atoms with Crippen LogP contribution in [0.2, 0.25) is 0 Å². The topological polar surface area (TPSA) is 108 Å². The predicted molar refractivity (Wildman–Crippen MR) is 307 cm³/mol. The highest BCUT2D eigenvalue weighted by Gasteiger charge is 2.27. The Labute approximate surface area is 444 Å². The molecule has 0 aliphatic rings. The Balaban J connectivity index is 4.07. The van der Waals surface area contributed by atoms with Gasteiger partial charge in [-0.3, -0.25) is 18.6 Å². The number of esters is 2. The number of carbonyl (C=O) groups is 2. The maximum atomic E-state index is 12.8. The Bertz CT molecular complexity index is 1450. The van der Waals surface area contributed by atoms with Crippen LogP contribution in [0.5, 0.6) is 0 Å². The third kappa shape index (κ3) is 56.7. The molecule has 418 valence electrons. The zero-order valence-electron chi connectivity index (χ0n) is 47.4. The lowest BCUT2D eigenvalue weighted by Gasteiger charge is -2.24. The van der Waals surface area contributed by atoms with Crippen molar-refractivity contribution in [2.24, 2.45) is 0 Å². The number of nitrogens with zero attached hydrogens (tertiary/aromatic N) is 1. The van der Waals surface area contributed by atoms with E-state index in [-0.39, 0.29) is 32.0 Å². The van der Waals surface area contributed by atoms with Crippen LogP contribution in [-0.2, 0) is 32.7 Å². The van der Waals surface area contributed by atoms with E-state index in [9.17, 15) is 19.0 Å². The summed E-state index contributed by atoms with van der Waals surface area (Å²) in [6, 6.07) is 0. The van der Waals surface area contributed by atoms with Crippen LogP contribution in [0.3, 0.4) is 0 Å². The van der Waals surface area contributed by atoms with Crippen molar-refractivity contribution < 1.29 is 42.1 Å². The van der Waals surface area contributed by atoms with Crippen LogP contribution in [0.1, 0.15) is 258 Å². The standard InChI is InChI=1S/C62H112NO8P/c1-6-8-10-12-14-16-18-20-22-24-25-26-27-28-29-30-31-32-33-34-35-36-37-39-40-42-44-46-48-50-52-54-61(64)68-58-60(59-70-72(66,67)69-57-56-63(3,4)5)71-62(65)55-53-51-49-47-45-43-41-38-23-21-19-17-15-13-11-9-7-2/h9,11,15,17-18,20-21,23-25,41,43,60H,6-8,10,12-14,16,19,22,26-40,42,44-59H2,1-5H3/p+1/b11-9-,17-15-,20-18-,23-21-,25-24-,43-41-. The second-order valence-corrected chi connectivity index (χ2v) is 22.5. The fraction of sp³-hybridized carbons (Fsp3) is 0.774. The van der Waals surface area contributed by atoms with Crippen molar-refractivity contribution in [3.8, 4) is 0 Å². The molecule has 9 nitrogen and oxygen atoms in total. The van der Waals surface area contributed by atoms with E-state index < -0.39 is 26.5 Å². The predicted octanol–water partition coefficient (Wildman–Crippen LogP) is 18.5. The zero-order chi connectivity index (χ0) is 52.7. The molecular weight excluding hydrogens is 918 g/mol. The van der Waals surface area contributed by atoms with Gasteiger partial charge < -0.3 is 18.9 Å². The smallest absolute Gasteiger partial charge is 0.462 e. The minimum Gasteiger partial charge on any atom is -0.462 e. The molecule has 0 rings (SSSR count). The molecule has 0 aromatic rings. The van der Waals surface area contributed by atoms with E-state index in [1.54, 1.807) is 0 Å². The molecule has 2 atom stereocenters. The van der Waals surface area contributed by atoms with Gasteiger partial charge in [-0.25, -0.2) is 4.57 Å². The summed E-state index contributed by atoms with van der Waals surface area (Å²) in [6.45, 7) is 4.29. The van der Waals surface area contributed by atoms with Crippen molar-refractivity contribution in [2.45, 2.75) is 264 Å². The number of rotatable bonds is 54. The van der Waals surface area contributed by atoms with E-state index in [2.05, 4.69) is 86.8 Å². The van der Waals surface area contributed by atoms with Crippen LogP contribution in [0.15, 0.2) is 72.9 Å². The average molecular weight is 1030 g/mol. The molecule has 2 unspecified atom stereocenters. The molecule has 0 saturated heterocycles. The van der Waals surface area contributed by atoms with Gasteiger partial charge in [-0.1, -0.05) is 234 Å². The van der Waals surface area contributed by atoms with Crippen LogP contribution < -0.4 is 0 Å². The summed E-state index contributed by atoms with van der Waals surface area (Å²) >= 11 is 0. The summed E-state index contributed by atoms with van der Waals surface area (Å²) < 4.78 is 34.5. The number of quaternary nitrogens is 1. The van der Waals surface area contributed by atoms with Gasteiger partial charge in [0.25, 0.3) is 0 Å². The van der Waals surface area contributed by atoms with Gasteiger partial charge in [0.15, 0.2) is 6.10 Å². The molecule has 0 radical (unpaired) electrons. The molecule has 1 N–H and O–H groups in total. The molecule has 0 heterocycles. The fourth-order valence-corrected chi connectivity index (χ4v) is 8.90. The van der Waals surface area contributed by atoms with E-state index >= 15 is 0 Å². The number of likely N-dealkylation sites (N-methyl/N-ethyl adjacent to an activating group) is 1. The highest BCUT2D eigenvalue weighted by molar-refractivity contribution is 7.47. The first-order chi connectivity index (χ1) is 35.0. The van der Waals surface area contributed by atoms with E-state index in [1.165, 1.54) is 148 Å². The van der Waals surface area contributed by atoms with Crippen molar-refractivity contribution in [3.63, 3.8) is 0 Å². The third-order valence-electron chi connectivity index (χ3n) is 12.7. The number of phosphoric ester groups is 1. The fourth-order valence-electron chi connectivity index (χ4n) is 8.16. The van der Waals surface area contributed by atoms with E-state index in [4.69, 9.17) is 18.5 Å². The summed E-state index contributed by atoms with van der Waals surface area (Å²) in [5, 5.41) is 0. The lowest BCUT2D eigenvalue weighted by molar-refractivity contribution is -0.870. The molecule has 0 bridgehead atoms. The number of phosphoric acid groups is 1. The van der Waals surface area contributed by atoms with Crippen molar-refractivity contribution in [1.82, 2.24) is 0 Å². The van der Waals surface area contributed by atoms with Gasteiger partial charge in [-0.2, -0.15) is 0 Å². The molecule has 0 spiro atoms. The summed E-state index contributed by atoms with van der Waals surface area (Å²) in [5.41, 5.74) is 0. The average Bonchev–Trinajstić information content (AvgIpc) is 3.34. The number of unbranched alkanes of at least 4 members (excludes halogenated alkanes) is 28. The SMILES string of the molecule is CC/C=C\C/C=C\C/C=C\C/C=C\CCCCCCC(=O)OC(COC(=O)CCCCCCCCCCCCCCCCCCCCC/C=C\C/C=C\CCCCCCC)COP(=O)(O)OCC[N+](C)(C)C. The van der Waals surface area contributed by atoms with Gasteiger partial charge in [-0.15, -0.1) is 0 Å². The Morgan fingerprint density at radius 3 is 1.18 bits per heavy atom. The van der Waals surface area contributed by atoms with Gasteiger partial charge in [0, 0.05) is 12.8 Å². The van der Waals surface area contributed by atoms with Crippen molar-refractivity contribution in [3.05, 3.63) is 72.9 Å². The quantitative estimate of drug-likeness (QED) is 0.0211. The number of hydrogen-bond acceptors (Lipinski definition) is 7. The monoisotopic (exact) mass is 1030 g/mol. The van der Waals surface area contributed by atoms with Gasteiger partial charge in [-0.05, 0) is 83.5 Å². The van der Waals surface area contributed by atoms with Gasteiger partial charge >= 0.3 is 19.8 Å². The summed E-state index contributed by atoms with van der Waals surface area (Å²) in [4.78, 5) is 35.7. The van der Waals surface area contributed by atoms with Crippen LogP contribution >= 0.6 is 7.82 Å². The van der Waals surface area contributed by atoms with E-state index in [0.29, 0.717) is 17.4 Å². The van der Waals surface area contributed by atoms with E-state index in [0.717, 1.165) is 77.0 Å². The molecular formula is C62H113NO8P+. The number of carbonyl (C=O) groups excluding carboxylic acids is 2. The maximum Gasteiger partial charge on any atom is 0.472 e. The minimum absolute atomic E-state index is 0.0247. The largest absolute Gasteiger partial charge is 0.472 e. The molecule has 0 amide bonds. The Hall–Kier alpha value is -2.55. The molecule has 10 heteroatoms. The first-order valence-electron chi connectivity index (χ1n) is 29.7. The molecule has 0 fully saturated rings. The Morgan fingerprint density at radius 2 is 0.792 bits per heavy atom. The molecule has 0 aliphatic heterocycles. The number of hydrogen-bond donors (Lipinski definition) is 1. The number of ether oxygens (including phenoxy) is 2. The van der Waals surface area contributed by atoms with E-state index in [1.807, 2.05) is 21.1 Å². The second kappa shape index (κ2) is 53.3. The first kappa shape index (κ1) is 69.5. The molecule has 0 aromatic heterocycles. The third-order valence-corrected chi connectivity index (χ3v) is 13.7. The lowest BCUT2D eigenvalue weighted by atomic mass is 10.0. The first-order valence-corrected chi connectivity index (χ1v) is 31.2. The van der Waals surface area contributed by atoms with Crippen LogP contribution in [0.4, 0.5) is 0 Å². The van der Waals surface area contributed by atoms with Crippen LogP contribution in [-0.4, -0.2) is 74.9 Å². The Kier molecular flexibility index (Phi) is 51.4. The summed E-state index contributed by atoms with van der Waals surface area (Å²) in [7, 11) is 1.46. The lowest BCUT2D eigenvalue weighted by Crippen LogP contribution is -2.37. The van der Waals surface area contributed by atoms with Gasteiger partial charge in [0.1, 0.15) is 19.8 Å². The number of allylic oxidation sites excluding steroid dienone is 12.